The fraction of sp³-hybridized carbons (Fsp3) is 0.312. The van der Waals surface area contributed by atoms with Gasteiger partial charge in [0.05, 0.1) is 14.2 Å². The van der Waals surface area contributed by atoms with Crippen molar-refractivity contribution in [2.75, 3.05) is 21.3 Å². The van der Waals surface area contributed by atoms with Gasteiger partial charge in [0.15, 0.2) is 0 Å². The van der Waals surface area contributed by atoms with Crippen LogP contribution in [-0.4, -0.2) is 33.6 Å². The molecule has 0 bridgehead atoms. The Bertz CT molecular complexity index is 616. The van der Waals surface area contributed by atoms with Crippen LogP contribution in [0.1, 0.15) is 5.56 Å². The van der Waals surface area contributed by atoms with E-state index in [1.165, 1.54) is 0 Å². The van der Waals surface area contributed by atoms with Crippen LogP contribution in [0.5, 0.6) is 11.5 Å². The van der Waals surface area contributed by atoms with Crippen molar-refractivity contribution in [3.05, 3.63) is 35.9 Å². The predicted octanol–water partition coefficient (Wildman–Crippen LogP) is 2.09. The van der Waals surface area contributed by atoms with Crippen molar-refractivity contribution in [1.82, 2.24) is 5.32 Å². The molecule has 1 atom stereocenters. The Kier molecular flexibility index (Phi) is 6.86. The van der Waals surface area contributed by atoms with Gasteiger partial charge < -0.3 is 19.6 Å². The molecule has 5 heteroatoms. The van der Waals surface area contributed by atoms with Crippen LogP contribution >= 0.6 is 0 Å². The Labute approximate surface area is 139 Å². The van der Waals surface area contributed by atoms with Crippen molar-refractivity contribution in [3.63, 3.8) is 0 Å². The third-order valence-corrected chi connectivity index (χ3v) is 3.38. The summed E-state index contributed by atoms with van der Waals surface area (Å²) in [5, 5.41) is 4.97. The largest absolute Gasteiger partial charge is 0.540 e. The molecule has 0 spiro atoms. The van der Waals surface area contributed by atoms with Crippen LogP contribution < -0.4 is 14.8 Å². The van der Waals surface area contributed by atoms with Crippen LogP contribution in [0.25, 0.3) is 10.8 Å². The standard InChI is InChI=1S/C16H18NO3.W/c1-17-13(10-18)7-12-8-14-11(9-16(12)20-3)5-4-6-15(14)19-2;/h4-6,8-9,13,17H,7H2,1-3H3;/q-1;. The van der Waals surface area contributed by atoms with Crippen LogP contribution in [0.15, 0.2) is 30.3 Å². The molecular formula is C16H18NO3W-. The Morgan fingerprint density at radius 3 is 2.48 bits per heavy atom. The Morgan fingerprint density at radius 1 is 1.19 bits per heavy atom. The summed E-state index contributed by atoms with van der Waals surface area (Å²) in [4.78, 5) is 10.9. The molecule has 0 aliphatic carbocycles. The molecule has 21 heavy (non-hydrogen) atoms. The first-order valence-corrected chi connectivity index (χ1v) is 6.42. The van der Waals surface area contributed by atoms with Crippen molar-refractivity contribution in [1.29, 1.82) is 0 Å². The SMILES string of the molecule is CNC([C-]=O)Cc1cc2c(OC)cccc2cc1OC.[W]. The number of nitrogens with one attached hydrogen (secondary N) is 1. The van der Waals surface area contributed by atoms with Gasteiger partial charge in [-0.25, -0.2) is 6.29 Å². The van der Waals surface area contributed by atoms with Gasteiger partial charge in [-0.2, -0.15) is 0 Å². The fourth-order valence-corrected chi connectivity index (χ4v) is 2.27. The van der Waals surface area contributed by atoms with Gasteiger partial charge in [-0.05, 0) is 42.6 Å². The summed E-state index contributed by atoms with van der Waals surface area (Å²) in [5.41, 5.74) is 0.951. The average Bonchev–Trinajstić information content (AvgIpc) is 2.50. The molecule has 2 aromatic rings. The molecule has 0 saturated heterocycles. The summed E-state index contributed by atoms with van der Waals surface area (Å²) in [7, 11) is 5.02. The molecule has 112 valence electrons. The van der Waals surface area contributed by atoms with E-state index in [4.69, 9.17) is 9.47 Å². The number of ether oxygens (including phenoxy) is 2. The maximum Gasteiger partial charge on any atom is 0.126 e. The zero-order chi connectivity index (χ0) is 14.5. The van der Waals surface area contributed by atoms with Crippen molar-refractivity contribution >= 4 is 17.1 Å². The molecule has 0 saturated carbocycles. The predicted molar refractivity (Wildman–Crippen MR) is 79.3 cm³/mol. The summed E-state index contributed by atoms with van der Waals surface area (Å²) >= 11 is 0. The first kappa shape index (κ1) is 17.7. The van der Waals surface area contributed by atoms with Crippen LogP contribution in [0.2, 0.25) is 0 Å². The normalized spacial score (nSPS) is 11.6. The van der Waals surface area contributed by atoms with Crippen LogP contribution in [0.4, 0.5) is 0 Å². The van der Waals surface area contributed by atoms with E-state index in [1.807, 2.05) is 36.6 Å². The van der Waals surface area contributed by atoms with Crippen molar-refractivity contribution in [3.8, 4) is 11.5 Å². The van der Waals surface area contributed by atoms with Gasteiger partial charge in [-0.1, -0.05) is 18.2 Å². The summed E-state index contributed by atoms with van der Waals surface area (Å²) < 4.78 is 10.8. The first-order chi connectivity index (χ1) is 9.73. The number of hydrogen-bond acceptors (Lipinski definition) is 4. The van der Waals surface area contributed by atoms with Crippen molar-refractivity contribution in [2.24, 2.45) is 0 Å². The molecule has 0 aliphatic heterocycles. The van der Waals surface area contributed by atoms with Gasteiger partial charge in [0, 0.05) is 26.5 Å². The second kappa shape index (κ2) is 8.16. The second-order valence-electron chi connectivity index (χ2n) is 4.51. The van der Waals surface area contributed by atoms with Crippen molar-refractivity contribution in [2.45, 2.75) is 12.5 Å². The summed E-state index contributed by atoms with van der Waals surface area (Å²) in [6.07, 6.45) is 2.51. The third kappa shape index (κ3) is 3.83. The van der Waals surface area contributed by atoms with Crippen molar-refractivity contribution < 1.29 is 35.3 Å². The number of rotatable bonds is 6. The molecule has 0 heterocycles. The maximum absolute atomic E-state index is 10.9. The van der Waals surface area contributed by atoms with E-state index in [0.29, 0.717) is 6.42 Å². The van der Waals surface area contributed by atoms with E-state index in [2.05, 4.69) is 5.32 Å². The zero-order valence-corrected chi connectivity index (χ0v) is 15.2. The number of fused-ring (bicyclic) bond motifs is 1. The molecule has 0 aliphatic rings. The van der Waals surface area contributed by atoms with Gasteiger partial charge in [-0.15, -0.1) is 0 Å². The smallest absolute Gasteiger partial charge is 0.126 e. The minimum Gasteiger partial charge on any atom is -0.540 e. The quantitative estimate of drug-likeness (QED) is 0.677. The number of methoxy groups -OCH3 is 2. The van der Waals surface area contributed by atoms with Crippen LogP contribution in [0.3, 0.4) is 0 Å². The average molecular weight is 456 g/mol. The molecule has 0 fully saturated rings. The van der Waals surface area contributed by atoms with Gasteiger partial charge in [0.25, 0.3) is 0 Å². The van der Waals surface area contributed by atoms with E-state index in [-0.39, 0.29) is 27.1 Å². The maximum atomic E-state index is 10.9. The summed E-state index contributed by atoms with van der Waals surface area (Å²) in [6, 6.07) is 9.48. The molecule has 1 unspecified atom stereocenters. The van der Waals surface area contributed by atoms with Gasteiger partial charge in [-0.3, -0.25) is 0 Å². The molecule has 2 rings (SSSR count). The van der Waals surface area contributed by atoms with E-state index >= 15 is 0 Å². The summed E-state index contributed by atoms with van der Waals surface area (Å²) in [5.74, 6) is 1.57. The number of likely N-dealkylation sites (N-methyl/N-ethyl adjacent to an activating group) is 1. The molecule has 0 radical (unpaired) electrons. The summed E-state index contributed by atoms with van der Waals surface area (Å²) in [6.45, 7) is 0. The Hall–Kier alpha value is -1.38. The minimum atomic E-state index is -0.351. The fourth-order valence-electron chi connectivity index (χ4n) is 2.27. The second-order valence-corrected chi connectivity index (χ2v) is 4.51. The van der Waals surface area contributed by atoms with Crippen LogP contribution in [-0.2, 0) is 32.3 Å². The molecule has 4 nitrogen and oxygen atoms in total. The van der Waals surface area contributed by atoms with E-state index in [9.17, 15) is 4.79 Å². The van der Waals surface area contributed by atoms with E-state index in [0.717, 1.165) is 27.8 Å². The Balaban J connectivity index is 0.00000220. The van der Waals surface area contributed by atoms with E-state index < -0.39 is 0 Å². The molecular weight excluding hydrogens is 438 g/mol. The topological polar surface area (TPSA) is 47.6 Å². The number of hydrogen-bond donors (Lipinski definition) is 1. The number of benzene rings is 2. The monoisotopic (exact) mass is 456 g/mol. The Morgan fingerprint density at radius 2 is 1.90 bits per heavy atom. The van der Waals surface area contributed by atoms with Gasteiger partial charge in [0.1, 0.15) is 11.5 Å². The van der Waals surface area contributed by atoms with Crippen LogP contribution in [0, 0.1) is 0 Å². The molecule has 0 amide bonds. The molecule has 1 N–H and O–H groups in total. The third-order valence-electron chi connectivity index (χ3n) is 3.38. The van der Waals surface area contributed by atoms with Gasteiger partial charge >= 0.3 is 0 Å². The van der Waals surface area contributed by atoms with E-state index in [1.54, 1.807) is 21.3 Å². The first-order valence-electron chi connectivity index (χ1n) is 6.42. The number of carbonyl (C=O) groups excluding carboxylic acids is 1. The minimum absolute atomic E-state index is 0. The molecule has 2 aromatic carbocycles. The van der Waals surface area contributed by atoms with Gasteiger partial charge in [0.2, 0.25) is 0 Å². The zero-order valence-electron chi connectivity index (χ0n) is 12.3. The molecule has 0 aromatic heterocycles.